The summed E-state index contributed by atoms with van der Waals surface area (Å²) in [6.07, 6.45) is 5.26. The number of furan rings is 1. The van der Waals surface area contributed by atoms with E-state index >= 15 is 0 Å². The van der Waals surface area contributed by atoms with Crippen LogP contribution in [0.15, 0.2) is 39.5 Å². The summed E-state index contributed by atoms with van der Waals surface area (Å²) >= 11 is 0. The zero-order valence-corrected chi connectivity index (χ0v) is 10.00. The van der Waals surface area contributed by atoms with Crippen molar-refractivity contribution < 1.29 is 13.7 Å². The highest BCUT2D eigenvalue weighted by molar-refractivity contribution is 5.84. The fraction of sp³-hybridized carbons (Fsp3) is 0.250. The molecule has 19 heavy (non-hydrogen) atoms. The van der Waals surface area contributed by atoms with Crippen LogP contribution >= 0.6 is 0 Å². The Morgan fingerprint density at radius 1 is 1.58 bits per heavy atom. The maximum Gasteiger partial charge on any atom is 0.293 e. The van der Waals surface area contributed by atoms with Crippen molar-refractivity contribution in [3.8, 4) is 11.7 Å². The SMILES string of the molecule is O=C(NCc1noc(-c2ccco2)n1)C1C=CCN1. The molecule has 98 valence electrons. The van der Waals surface area contributed by atoms with Gasteiger partial charge < -0.3 is 14.3 Å². The molecule has 0 spiro atoms. The molecular weight excluding hydrogens is 248 g/mol. The van der Waals surface area contributed by atoms with Crippen LogP contribution in [-0.2, 0) is 11.3 Å². The largest absolute Gasteiger partial charge is 0.459 e. The number of rotatable bonds is 4. The molecular formula is C12H12N4O3. The Kier molecular flexibility index (Phi) is 3.11. The van der Waals surface area contributed by atoms with Gasteiger partial charge in [0.15, 0.2) is 11.6 Å². The van der Waals surface area contributed by atoms with Crippen LogP contribution in [0.2, 0.25) is 0 Å². The fourth-order valence-electron chi connectivity index (χ4n) is 1.75. The summed E-state index contributed by atoms with van der Waals surface area (Å²) in [6.45, 7) is 0.929. The van der Waals surface area contributed by atoms with E-state index in [2.05, 4.69) is 20.8 Å². The molecule has 2 N–H and O–H groups in total. The van der Waals surface area contributed by atoms with Crippen molar-refractivity contribution in [3.63, 3.8) is 0 Å². The van der Waals surface area contributed by atoms with E-state index in [1.54, 1.807) is 12.1 Å². The minimum Gasteiger partial charge on any atom is -0.459 e. The smallest absolute Gasteiger partial charge is 0.293 e. The molecule has 1 aliphatic rings. The topological polar surface area (TPSA) is 93.2 Å². The van der Waals surface area contributed by atoms with Crippen LogP contribution in [0.3, 0.4) is 0 Å². The number of nitrogens with zero attached hydrogens (tertiary/aromatic N) is 2. The van der Waals surface area contributed by atoms with Crippen LogP contribution in [-0.4, -0.2) is 28.6 Å². The summed E-state index contributed by atoms with van der Waals surface area (Å²) in [6, 6.07) is 3.18. The summed E-state index contributed by atoms with van der Waals surface area (Å²) < 4.78 is 10.2. The quantitative estimate of drug-likeness (QED) is 0.776. The minimum atomic E-state index is -0.281. The maximum absolute atomic E-state index is 11.7. The van der Waals surface area contributed by atoms with Crippen molar-refractivity contribution in [2.75, 3.05) is 6.54 Å². The van der Waals surface area contributed by atoms with E-state index in [9.17, 15) is 4.79 Å². The molecule has 1 amide bonds. The monoisotopic (exact) mass is 260 g/mol. The van der Waals surface area contributed by atoms with Gasteiger partial charge in [0.05, 0.1) is 12.8 Å². The Morgan fingerprint density at radius 2 is 2.53 bits per heavy atom. The van der Waals surface area contributed by atoms with Crippen LogP contribution in [0.25, 0.3) is 11.7 Å². The summed E-state index contributed by atoms with van der Waals surface area (Å²) in [4.78, 5) is 15.9. The Bertz CT molecular complexity index is 588. The number of aromatic nitrogens is 2. The highest BCUT2D eigenvalue weighted by Crippen LogP contribution is 2.16. The van der Waals surface area contributed by atoms with E-state index in [-0.39, 0.29) is 18.5 Å². The van der Waals surface area contributed by atoms with Crippen molar-refractivity contribution in [1.82, 2.24) is 20.8 Å². The van der Waals surface area contributed by atoms with E-state index in [1.807, 2.05) is 12.2 Å². The van der Waals surface area contributed by atoms with E-state index in [4.69, 9.17) is 8.94 Å². The van der Waals surface area contributed by atoms with Gasteiger partial charge in [-0.25, -0.2) is 0 Å². The van der Waals surface area contributed by atoms with Gasteiger partial charge in [-0.1, -0.05) is 17.3 Å². The predicted octanol–water partition coefficient (Wildman–Crippen LogP) is 0.474. The van der Waals surface area contributed by atoms with Gasteiger partial charge in [0, 0.05) is 6.54 Å². The first-order chi connectivity index (χ1) is 9.33. The summed E-state index contributed by atoms with van der Waals surface area (Å²) in [5.41, 5.74) is 0. The van der Waals surface area contributed by atoms with Gasteiger partial charge in [0.25, 0.3) is 5.89 Å². The number of hydrogen-bond donors (Lipinski definition) is 2. The molecule has 0 aliphatic carbocycles. The Hall–Kier alpha value is -2.41. The molecule has 0 radical (unpaired) electrons. The Morgan fingerprint density at radius 3 is 3.26 bits per heavy atom. The third-order valence-corrected chi connectivity index (χ3v) is 2.69. The second kappa shape index (κ2) is 5.07. The molecule has 0 saturated heterocycles. The summed E-state index contributed by atoms with van der Waals surface area (Å²) in [5.74, 6) is 1.10. The highest BCUT2D eigenvalue weighted by Gasteiger charge is 2.18. The zero-order chi connectivity index (χ0) is 13.1. The Balaban J connectivity index is 1.58. The molecule has 7 heteroatoms. The van der Waals surface area contributed by atoms with Gasteiger partial charge in [0.2, 0.25) is 5.91 Å². The lowest BCUT2D eigenvalue weighted by Gasteiger charge is -2.08. The Labute approximate surface area is 108 Å². The molecule has 0 saturated carbocycles. The molecule has 0 aromatic carbocycles. The lowest BCUT2D eigenvalue weighted by molar-refractivity contribution is -0.122. The van der Waals surface area contributed by atoms with Crippen LogP contribution in [0.1, 0.15) is 5.82 Å². The number of nitrogens with one attached hydrogen (secondary N) is 2. The summed E-state index contributed by atoms with van der Waals surface area (Å²) in [5, 5.41) is 9.52. The normalized spacial score (nSPS) is 17.8. The van der Waals surface area contributed by atoms with E-state index < -0.39 is 0 Å². The summed E-state index contributed by atoms with van der Waals surface area (Å²) in [7, 11) is 0. The van der Waals surface area contributed by atoms with Gasteiger partial charge in [-0.2, -0.15) is 4.98 Å². The molecule has 3 rings (SSSR count). The van der Waals surface area contributed by atoms with Gasteiger partial charge in [-0.3, -0.25) is 10.1 Å². The van der Waals surface area contributed by atoms with Gasteiger partial charge in [0.1, 0.15) is 6.04 Å². The number of carbonyl (C=O) groups excluding carboxylic acids is 1. The van der Waals surface area contributed by atoms with E-state index in [0.29, 0.717) is 24.0 Å². The number of hydrogen-bond acceptors (Lipinski definition) is 6. The molecule has 0 bridgehead atoms. The lowest BCUT2D eigenvalue weighted by atomic mass is 10.3. The zero-order valence-electron chi connectivity index (χ0n) is 10.00. The third-order valence-electron chi connectivity index (χ3n) is 2.69. The van der Waals surface area contributed by atoms with Crippen molar-refractivity contribution >= 4 is 5.91 Å². The molecule has 7 nitrogen and oxygen atoms in total. The highest BCUT2D eigenvalue weighted by atomic mass is 16.5. The molecule has 1 unspecified atom stereocenters. The van der Waals surface area contributed by atoms with Crippen LogP contribution < -0.4 is 10.6 Å². The molecule has 3 heterocycles. The predicted molar refractivity (Wildman–Crippen MR) is 64.8 cm³/mol. The molecule has 1 aliphatic heterocycles. The molecule has 2 aromatic rings. The van der Waals surface area contributed by atoms with Gasteiger partial charge in [-0.05, 0) is 12.1 Å². The number of carbonyl (C=O) groups is 1. The van der Waals surface area contributed by atoms with Crippen molar-refractivity contribution in [1.29, 1.82) is 0 Å². The van der Waals surface area contributed by atoms with E-state index in [1.165, 1.54) is 6.26 Å². The first kappa shape index (κ1) is 11.7. The third kappa shape index (κ3) is 2.55. The fourth-order valence-corrected chi connectivity index (χ4v) is 1.75. The second-order valence-electron chi connectivity index (χ2n) is 4.02. The maximum atomic E-state index is 11.7. The van der Waals surface area contributed by atoms with Gasteiger partial charge >= 0.3 is 0 Å². The van der Waals surface area contributed by atoms with Crippen molar-refractivity contribution in [2.45, 2.75) is 12.6 Å². The average Bonchev–Trinajstić information content (AvgIpc) is 3.14. The molecule has 2 aromatic heterocycles. The molecule has 1 atom stereocenters. The average molecular weight is 260 g/mol. The second-order valence-corrected chi connectivity index (χ2v) is 4.02. The first-order valence-corrected chi connectivity index (χ1v) is 5.87. The first-order valence-electron chi connectivity index (χ1n) is 5.87. The van der Waals surface area contributed by atoms with Crippen LogP contribution in [0.5, 0.6) is 0 Å². The number of amides is 1. The lowest BCUT2D eigenvalue weighted by Crippen LogP contribution is -2.40. The van der Waals surface area contributed by atoms with E-state index in [0.717, 1.165) is 0 Å². The van der Waals surface area contributed by atoms with Crippen LogP contribution in [0, 0.1) is 0 Å². The van der Waals surface area contributed by atoms with Crippen molar-refractivity contribution in [3.05, 3.63) is 36.4 Å². The van der Waals surface area contributed by atoms with Crippen molar-refractivity contribution in [2.24, 2.45) is 0 Å². The molecule has 0 fully saturated rings. The standard InChI is InChI=1S/C12H12N4O3/c17-11(8-3-1-5-13-8)14-7-10-15-12(19-16-10)9-4-2-6-18-9/h1-4,6,8,13H,5,7H2,(H,14,17). The van der Waals surface area contributed by atoms with Crippen LogP contribution in [0.4, 0.5) is 0 Å². The minimum absolute atomic E-state index is 0.113. The van der Waals surface area contributed by atoms with Gasteiger partial charge in [-0.15, -0.1) is 0 Å².